The monoisotopic (exact) mass is 574 g/mol. The number of nitrogen functional groups attached to an aromatic ring is 2. The van der Waals surface area contributed by atoms with Gasteiger partial charge >= 0.3 is 19.1 Å². The van der Waals surface area contributed by atoms with Crippen molar-refractivity contribution >= 4 is 59.0 Å². The third kappa shape index (κ3) is 7.44. The van der Waals surface area contributed by atoms with Crippen molar-refractivity contribution in [3.8, 4) is 0 Å². The number of anilines is 3. The number of carbonyl (C=O) groups is 3. The summed E-state index contributed by atoms with van der Waals surface area (Å²) in [4.78, 5) is 53.7. The molecule has 2 heterocycles. The highest BCUT2D eigenvalue weighted by Gasteiger charge is 2.22. The molecule has 0 aliphatic carbocycles. The topological polar surface area (TPSA) is 251 Å². The van der Waals surface area contributed by atoms with Gasteiger partial charge in [-0.1, -0.05) is 24.3 Å². The van der Waals surface area contributed by atoms with Crippen molar-refractivity contribution in [1.82, 2.24) is 25.3 Å². The van der Waals surface area contributed by atoms with Crippen molar-refractivity contribution < 1.29 is 34.6 Å². The van der Waals surface area contributed by atoms with Gasteiger partial charge in [0.15, 0.2) is 17.0 Å². The largest absolute Gasteiger partial charge is 0.488 e. The number of aliphatic carboxylic acids is 2. The Kier molecular flexibility index (Phi) is 9.09. The molecule has 0 unspecified atom stereocenters. The molecule has 0 aliphatic rings. The summed E-state index contributed by atoms with van der Waals surface area (Å²) in [6.45, 7) is 0.579. The third-order valence-electron chi connectivity index (χ3n) is 6.25. The minimum Gasteiger partial charge on any atom is -0.481 e. The lowest BCUT2D eigenvalue weighted by molar-refractivity contribution is -0.140. The first-order chi connectivity index (χ1) is 20.0. The third-order valence-corrected chi connectivity index (χ3v) is 6.25. The summed E-state index contributed by atoms with van der Waals surface area (Å²) in [5.74, 6) is -3.12. The Balaban J connectivity index is 1.59. The van der Waals surface area contributed by atoms with Gasteiger partial charge in [0.25, 0.3) is 5.91 Å². The first kappa shape index (κ1) is 29.6. The summed E-state index contributed by atoms with van der Waals surface area (Å²) < 4.78 is 0. The normalized spacial score (nSPS) is 11.6. The maximum absolute atomic E-state index is 12.7. The number of hydrogen-bond acceptors (Lipinski definition) is 12. The average molecular weight is 574 g/mol. The first-order valence-electron chi connectivity index (χ1n) is 12.6. The molecule has 9 N–H and O–H groups in total. The molecular formula is C26H27BN8O7. The Morgan fingerprint density at radius 1 is 0.929 bits per heavy atom. The van der Waals surface area contributed by atoms with Gasteiger partial charge in [-0.05, 0) is 41.7 Å². The van der Waals surface area contributed by atoms with Crippen LogP contribution in [0.5, 0.6) is 0 Å². The van der Waals surface area contributed by atoms with E-state index in [1.54, 1.807) is 36.4 Å². The standard InChI is InChI=1S/C26H27BN8O7/c28-22-21-23(34-26(29)33-22)30-11-17(31-21)13-35(12-14-1-5-16(6-2-14)27(41)42)18-7-3-15(4-8-18)24(38)32-19(25(39)40)9-10-20(36)37/h1-8,11,19,41-42H,9-10,12-13H2,(H,32,38)(H,36,37)(H,39,40)(H4,28,29,30,33,34)/t19-/m0/s1. The maximum atomic E-state index is 12.7. The zero-order valence-electron chi connectivity index (χ0n) is 22.1. The van der Waals surface area contributed by atoms with Crippen LogP contribution in [0.1, 0.15) is 34.5 Å². The second-order valence-electron chi connectivity index (χ2n) is 9.32. The van der Waals surface area contributed by atoms with Crippen LogP contribution in [0.25, 0.3) is 11.2 Å². The highest BCUT2D eigenvalue weighted by molar-refractivity contribution is 6.58. The molecule has 15 nitrogen and oxygen atoms in total. The van der Waals surface area contributed by atoms with Gasteiger partial charge in [0.2, 0.25) is 5.95 Å². The first-order valence-corrected chi connectivity index (χ1v) is 12.6. The molecule has 0 fully saturated rings. The van der Waals surface area contributed by atoms with Crippen LogP contribution in [0.4, 0.5) is 17.5 Å². The molecule has 0 spiro atoms. The predicted molar refractivity (Wildman–Crippen MR) is 152 cm³/mol. The number of aromatic nitrogens is 4. The zero-order chi connectivity index (χ0) is 30.4. The number of nitrogens with two attached hydrogens (primary N) is 2. The van der Waals surface area contributed by atoms with Gasteiger partial charge in [0.1, 0.15) is 6.04 Å². The van der Waals surface area contributed by atoms with E-state index >= 15 is 0 Å². The van der Waals surface area contributed by atoms with Gasteiger partial charge < -0.3 is 41.9 Å². The van der Waals surface area contributed by atoms with Crippen LogP contribution in [-0.4, -0.2) is 71.2 Å². The number of benzene rings is 2. The fraction of sp³-hybridized carbons (Fsp3) is 0.192. The van der Waals surface area contributed by atoms with E-state index in [9.17, 15) is 29.5 Å². The lowest BCUT2D eigenvalue weighted by Crippen LogP contribution is -2.41. The Labute approximate surface area is 239 Å². The summed E-state index contributed by atoms with van der Waals surface area (Å²) in [6.07, 6.45) is 0.854. The van der Waals surface area contributed by atoms with E-state index in [0.717, 1.165) is 5.56 Å². The molecule has 0 saturated heterocycles. The molecule has 1 atom stereocenters. The number of carbonyl (C=O) groups excluding carboxylic acids is 1. The van der Waals surface area contributed by atoms with Crippen LogP contribution in [0.3, 0.4) is 0 Å². The molecule has 0 saturated carbocycles. The predicted octanol–water partition coefficient (Wildman–Crippen LogP) is -0.481. The Bertz CT molecular complexity index is 1600. The summed E-state index contributed by atoms with van der Waals surface area (Å²) in [5.41, 5.74) is 14.7. The van der Waals surface area contributed by atoms with Crippen LogP contribution >= 0.6 is 0 Å². The summed E-state index contributed by atoms with van der Waals surface area (Å²) in [6, 6.07) is 11.7. The number of carboxylic acids is 2. The SMILES string of the molecule is Nc1nc(N)c2nc(CN(Cc3ccc(B(O)O)cc3)c3ccc(C(=O)N[C@@H](CCC(=O)O)C(=O)O)cc3)cnc2n1. The van der Waals surface area contributed by atoms with Crippen LogP contribution in [-0.2, 0) is 22.7 Å². The minimum absolute atomic E-state index is 0.0270. The quantitative estimate of drug-likeness (QED) is 0.106. The fourth-order valence-corrected chi connectivity index (χ4v) is 4.10. The molecule has 0 radical (unpaired) electrons. The highest BCUT2D eigenvalue weighted by atomic mass is 16.4. The Hall–Kier alpha value is -5.35. The van der Waals surface area contributed by atoms with E-state index in [-0.39, 0.29) is 41.5 Å². The molecule has 4 rings (SSSR count). The van der Waals surface area contributed by atoms with E-state index in [4.69, 9.17) is 16.6 Å². The van der Waals surface area contributed by atoms with Crippen molar-refractivity contribution in [2.75, 3.05) is 16.4 Å². The molecule has 1 amide bonds. The summed E-state index contributed by atoms with van der Waals surface area (Å²) in [7, 11) is -1.60. The van der Waals surface area contributed by atoms with Gasteiger partial charge in [-0.15, -0.1) is 0 Å². The summed E-state index contributed by atoms with van der Waals surface area (Å²) in [5, 5.41) is 39.4. The van der Waals surface area contributed by atoms with Crippen LogP contribution in [0, 0.1) is 0 Å². The lowest BCUT2D eigenvalue weighted by Gasteiger charge is -2.25. The van der Waals surface area contributed by atoms with Crippen molar-refractivity contribution in [3.05, 3.63) is 71.5 Å². The minimum atomic E-state index is -1.60. The summed E-state index contributed by atoms with van der Waals surface area (Å²) >= 11 is 0. The Morgan fingerprint density at radius 2 is 1.62 bits per heavy atom. The number of amides is 1. The number of nitrogens with one attached hydrogen (secondary N) is 1. The Morgan fingerprint density at radius 3 is 2.24 bits per heavy atom. The number of carboxylic acid groups (broad SMARTS) is 2. The van der Waals surface area contributed by atoms with Crippen LogP contribution in [0.15, 0.2) is 54.7 Å². The molecule has 216 valence electrons. The van der Waals surface area contributed by atoms with Crippen molar-refractivity contribution in [2.24, 2.45) is 0 Å². The van der Waals surface area contributed by atoms with E-state index in [1.165, 1.54) is 18.3 Å². The van der Waals surface area contributed by atoms with Crippen molar-refractivity contribution in [1.29, 1.82) is 0 Å². The smallest absolute Gasteiger partial charge is 0.481 e. The van der Waals surface area contributed by atoms with E-state index in [2.05, 4.69) is 25.3 Å². The fourth-order valence-electron chi connectivity index (χ4n) is 4.10. The molecule has 0 aliphatic heterocycles. The maximum Gasteiger partial charge on any atom is 0.488 e. The van der Waals surface area contributed by atoms with E-state index in [0.29, 0.717) is 23.4 Å². The molecule has 2 aromatic heterocycles. The van der Waals surface area contributed by atoms with Crippen LogP contribution in [0.2, 0.25) is 0 Å². The lowest BCUT2D eigenvalue weighted by atomic mass is 9.80. The van der Waals surface area contributed by atoms with Crippen molar-refractivity contribution in [2.45, 2.75) is 32.0 Å². The van der Waals surface area contributed by atoms with Gasteiger partial charge in [-0.2, -0.15) is 9.97 Å². The number of hydrogen-bond donors (Lipinski definition) is 7. The van der Waals surface area contributed by atoms with Crippen molar-refractivity contribution in [3.63, 3.8) is 0 Å². The van der Waals surface area contributed by atoms with E-state index in [1.807, 2.05) is 4.90 Å². The number of rotatable bonds is 12. The second-order valence-corrected chi connectivity index (χ2v) is 9.32. The number of nitrogens with zero attached hydrogens (tertiary/aromatic N) is 5. The van der Waals surface area contributed by atoms with E-state index < -0.39 is 37.4 Å². The average Bonchev–Trinajstić information content (AvgIpc) is 2.95. The molecule has 42 heavy (non-hydrogen) atoms. The molecule has 4 aromatic rings. The molecule has 0 bridgehead atoms. The molecule has 2 aromatic carbocycles. The highest BCUT2D eigenvalue weighted by Crippen LogP contribution is 2.22. The van der Waals surface area contributed by atoms with Gasteiger partial charge in [-0.3, -0.25) is 9.59 Å². The number of fused-ring (bicyclic) bond motifs is 1. The van der Waals surface area contributed by atoms with Crippen LogP contribution < -0.4 is 27.1 Å². The molecular weight excluding hydrogens is 547 g/mol. The van der Waals surface area contributed by atoms with Gasteiger partial charge in [0.05, 0.1) is 18.4 Å². The van der Waals surface area contributed by atoms with Gasteiger partial charge in [0, 0.05) is 24.2 Å². The second kappa shape index (κ2) is 12.9. The zero-order valence-corrected chi connectivity index (χ0v) is 22.1. The van der Waals surface area contributed by atoms with Gasteiger partial charge in [-0.25, -0.2) is 14.8 Å². The molecule has 16 heteroatoms.